The van der Waals surface area contributed by atoms with Crippen LogP contribution < -0.4 is 14.2 Å². The van der Waals surface area contributed by atoms with Crippen molar-refractivity contribution in [2.24, 2.45) is 10.2 Å². The van der Waals surface area contributed by atoms with Crippen molar-refractivity contribution in [1.29, 1.82) is 0 Å². The van der Waals surface area contributed by atoms with Gasteiger partial charge in [-0.3, -0.25) is 4.79 Å². The van der Waals surface area contributed by atoms with Gasteiger partial charge in [0.05, 0.1) is 18.6 Å². The van der Waals surface area contributed by atoms with E-state index < -0.39 is 10.1 Å². The van der Waals surface area contributed by atoms with E-state index in [0.29, 0.717) is 10.7 Å². The Bertz CT molecular complexity index is 1270. The number of thioether (sulfide) groups is 1. The topological polar surface area (TPSA) is 106 Å². The molecule has 2 aromatic carbocycles. The molecule has 1 aliphatic rings. The molecule has 1 N–H and O–H groups in total. The van der Waals surface area contributed by atoms with Gasteiger partial charge in [0.25, 0.3) is 0 Å². The Morgan fingerprint density at radius 3 is 2.39 bits per heavy atom. The smallest absolute Gasteiger partial charge is 0.339 e. The van der Waals surface area contributed by atoms with Crippen LogP contribution in [-0.4, -0.2) is 38.1 Å². The zero-order valence-electron chi connectivity index (χ0n) is 22.7. The van der Waals surface area contributed by atoms with E-state index >= 15 is 0 Å². The number of carbonyl (C=O) groups excluding carboxylic acids is 1. The van der Waals surface area contributed by atoms with E-state index in [0.717, 1.165) is 24.8 Å². The number of benzene rings is 2. The van der Waals surface area contributed by atoms with Crippen LogP contribution in [0.1, 0.15) is 77.3 Å². The molecule has 0 bridgehead atoms. The molecule has 0 aliphatic carbocycles. The first-order chi connectivity index (χ1) is 18.0. The van der Waals surface area contributed by atoms with Gasteiger partial charge in [-0.2, -0.15) is 13.5 Å². The van der Waals surface area contributed by atoms with Crippen LogP contribution in [0.15, 0.2) is 57.6 Å². The van der Waals surface area contributed by atoms with E-state index in [1.54, 1.807) is 36.4 Å². The number of carbonyl (C=O) groups is 1. The van der Waals surface area contributed by atoms with E-state index in [2.05, 4.69) is 43.2 Å². The SMILES string of the molecule is CCCCCCCC1SC(=NN=Cc2ccc(OS(=O)(=O)c3ccc(C(C)(C)C)cc3)c(OC)c2)NC1=O. The minimum atomic E-state index is -4.05. The quantitative estimate of drug-likeness (QED) is 0.147. The molecule has 1 unspecified atom stereocenters. The Labute approximate surface area is 230 Å². The highest BCUT2D eigenvalue weighted by Crippen LogP contribution is 2.31. The first-order valence-corrected chi connectivity index (χ1v) is 15.1. The van der Waals surface area contributed by atoms with Crippen LogP contribution in [0.2, 0.25) is 0 Å². The number of hydrogen-bond acceptors (Lipinski definition) is 8. The summed E-state index contributed by atoms with van der Waals surface area (Å²) in [6, 6.07) is 11.4. The van der Waals surface area contributed by atoms with Gasteiger partial charge in [-0.1, -0.05) is 83.7 Å². The largest absolute Gasteiger partial charge is 0.493 e. The number of ether oxygens (including phenoxy) is 1. The molecule has 10 heteroatoms. The molecule has 0 spiro atoms. The second-order valence-electron chi connectivity index (χ2n) is 10.2. The lowest BCUT2D eigenvalue weighted by Gasteiger charge is -2.19. The van der Waals surface area contributed by atoms with Crippen LogP contribution in [0, 0.1) is 0 Å². The maximum atomic E-state index is 12.8. The maximum absolute atomic E-state index is 12.8. The van der Waals surface area contributed by atoms with Gasteiger partial charge < -0.3 is 14.2 Å². The van der Waals surface area contributed by atoms with Gasteiger partial charge in [0, 0.05) is 0 Å². The third-order valence-electron chi connectivity index (χ3n) is 6.10. The van der Waals surface area contributed by atoms with E-state index in [1.165, 1.54) is 50.4 Å². The highest BCUT2D eigenvalue weighted by molar-refractivity contribution is 8.15. The Morgan fingerprint density at radius 2 is 1.74 bits per heavy atom. The third-order valence-corrected chi connectivity index (χ3v) is 8.49. The molecule has 1 atom stereocenters. The predicted molar refractivity (Wildman–Crippen MR) is 154 cm³/mol. The van der Waals surface area contributed by atoms with Crippen molar-refractivity contribution in [2.45, 2.75) is 81.8 Å². The Kier molecular flexibility index (Phi) is 10.4. The summed E-state index contributed by atoms with van der Waals surface area (Å²) in [7, 11) is -2.62. The summed E-state index contributed by atoms with van der Waals surface area (Å²) in [5.74, 6) is 0.274. The van der Waals surface area contributed by atoms with Crippen LogP contribution in [0.5, 0.6) is 11.5 Å². The van der Waals surface area contributed by atoms with Crippen LogP contribution in [0.25, 0.3) is 0 Å². The van der Waals surface area contributed by atoms with Gasteiger partial charge in [0.1, 0.15) is 4.90 Å². The standard InChI is InChI=1S/C28H37N3O5S2/c1-6-7-8-9-10-11-25-26(32)30-27(37-25)31-29-19-20-12-17-23(24(18-20)35-5)36-38(33,34)22-15-13-21(14-16-22)28(2,3)4/h12-19,25H,6-11H2,1-5H3,(H,30,31,32). The molecule has 38 heavy (non-hydrogen) atoms. The molecule has 0 saturated carbocycles. The van der Waals surface area contributed by atoms with Crippen molar-refractivity contribution in [1.82, 2.24) is 5.32 Å². The molecular weight excluding hydrogens is 522 g/mol. The molecule has 8 nitrogen and oxygen atoms in total. The molecule has 1 fully saturated rings. The number of hydrogen-bond donors (Lipinski definition) is 1. The molecule has 1 heterocycles. The number of amidine groups is 1. The number of amides is 1. The number of nitrogens with zero attached hydrogens (tertiary/aromatic N) is 2. The van der Waals surface area contributed by atoms with Crippen LogP contribution in [0.4, 0.5) is 0 Å². The Hall–Kier alpha value is -2.85. The highest BCUT2D eigenvalue weighted by Gasteiger charge is 2.29. The van der Waals surface area contributed by atoms with Crippen LogP contribution >= 0.6 is 11.8 Å². The summed E-state index contributed by atoms with van der Waals surface area (Å²) >= 11 is 1.40. The Morgan fingerprint density at radius 1 is 1.03 bits per heavy atom. The second-order valence-corrected chi connectivity index (χ2v) is 12.9. The minimum Gasteiger partial charge on any atom is -0.493 e. The minimum absolute atomic E-state index is 0.0307. The van der Waals surface area contributed by atoms with E-state index in [1.807, 2.05) is 0 Å². The average Bonchev–Trinajstić information content (AvgIpc) is 3.23. The van der Waals surface area contributed by atoms with Gasteiger partial charge in [0.15, 0.2) is 16.7 Å². The van der Waals surface area contributed by atoms with Crippen LogP contribution in [0.3, 0.4) is 0 Å². The number of methoxy groups -OCH3 is 1. The maximum Gasteiger partial charge on any atom is 0.339 e. The van der Waals surface area contributed by atoms with E-state index in [4.69, 9.17) is 8.92 Å². The molecule has 2 aromatic rings. The summed E-state index contributed by atoms with van der Waals surface area (Å²) in [5, 5.41) is 11.3. The summed E-state index contributed by atoms with van der Waals surface area (Å²) < 4.78 is 36.4. The lowest BCUT2D eigenvalue weighted by atomic mass is 9.87. The molecule has 1 saturated heterocycles. The number of unbranched alkanes of at least 4 members (excludes halogenated alkanes) is 4. The van der Waals surface area contributed by atoms with Gasteiger partial charge in [0.2, 0.25) is 5.91 Å². The van der Waals surface area contributed by atoms with Crippen LogP contribution in [-0.2, 0) is 20.3 Å². The molecule has 1 aliphatic heterocycles. The van der Waals surface area contributed by atoms with Crippen molar-refractivity contribution in [2.75, 3.05) is 7.11 Å². The fourth-order valence-corrected chi connectivity index (χ4v) is 5.76. The van der Waals surface area contributed by atoms with Gasteiger partial charge >= 0.3 is 10.1 Å². The summed E-state index contributed by atoms with van der Waals surface area (Å²) in [6.07, 6.45) is 8.10. The summed E-state index contributed by atoms with van der Waals surface area (Å²) in [4.78, 5) is 12.3. The summed E-state index contributed by atoms with van der Waals surface area (Å²) in [6.45, 7) is 8.36. The average molecular weight is 560 g/mol. The molecule has 1 amide bonds. The molecular formula is C28H37N3O5S2. The molecule has 3 rings (SSSR count). The zero-order valence-corrected chi connectivity index (χ0v) is 24.3. The molecule has 0 radical (unpaired) electrons. The summed E-state index contributed by atoms with van der Waals surface area (Å²) in [5.41, 5.74) is 1.56. The van der Waals surface area contributed by atoms with Crippen molar-refractivity contribution < 1.29 is 22.1 Å². The van der Waals surface area contributed by atoms with E-state index in [-0.39, 0.29) is 33.0 Å². The first kappa shape index (κ1) is 29.7. The van der Waals surface area contributed by atoms with E-state index in [9.17, 15) is 13.2 Å². The number of nitrogens with one attached hydrogen (secondary N) is 1. The zero-order chi connectivity index (χ0) is 27.8. The highest BCUT2D eigenvalue weighted by atomic mass is 32.2. The van der Waals surface area contributed by atoms with Crippen molar-refractivity contribution >= 4 is 39.2 Å². The second kappa shape index (κ2) is 13.3. The van der Waals surface area contributed by atoms with Gasteiger partial charge in [-0.15, -0.1) is 5.10 Å². The molecule has 0 aromatic heterocycles. The van der Waals surface area contributed by atoms with Crippen molar-refractivity contribution in [3.05, 3.63) is 53.6 Å². The van der Waals surface area contributed by atoms with Gasteiger partial charge in [-0.05, 0) is 53.3 Å². The normalized spacial score (nSPS) is 17.2. The van der Waals surface area contributed by atoms with Crippen molar-refractivity contribution in [3.8, 4) is 11.5 Å². The third kappa shape index (κ3) is 8.33. The van der Waals surface area contributed by atoms with Gasteiger partial charge in [-0.25, -0.2) is 0 Å². The molecule has 206 valence electrons. The lowest BCUT2D eigenvalue weighted by Crippen LogP contribution is -2.24. The monoisotopic (exact) mass is 559 g/mol. The predicted octanol–water partition coefficient (Wildman–Crippen LogP) is 6.04. The fraction of sp³-hybridized carbons (Fsp3) is 0.464. The Balaban J connectivity index is 1.63. The number of rotatable bonds is 12. The fourth-order valence-electron chi connectivity index (χ4n) is 3.84. The van der Waals surface area contributed by atoms with Crippen molar-refractivity contribution in [3.63, 3.8) is 0 Å². The lowest BCUT2D eigenvalue weighted by molar-refractivity contribution is -0.118. The first-order valence-electron chi connectivity index (χ1n) is 12.8.